The van der Waals surface area contributed by atoms with E-state index in [9.17, 15) is 14.2 Å². The minimum atomic E-state index is -1.96. The SMILES string of the molecule is O=C(NS(=O)c1ccc(NCC2CCOCC2)c(N[O-])c1)c1ccc(N2CCC(CN3CCCCCC3c3ccc(Cl)cc3)CC2)cc1Oc1cnc2[nH]ccc2c1. The summed E-state index contributed by atoms with van der Waals surface area (Å²) in [6.45, 7) is 6.11. The van der Waals surface area contributed by atoms with Gasteiger partial charge in [0.15, 0.2) is 11.0 Å². The molecule has 3 aromatic carbocycles. The number of nitrogens with one attached hydrogen (secondary N) is 4. The number of hydrogen-bond acceptors (Lipinski definition) is 10. The minimum Gasteiger partial charge on any atom is -0.761 e. The van der Waals surface area contributed by atoms with Gasteiger partial charge in [-0.25, -0.2) is 9.19 Å². The number of aromatic nitrogens is 2. The van der Waals surface area contributed by atoms with E-state index in [0.29, 0.717) is 41.6 Å². The van der Waals surface area contributed by atoms with Crippen LogP contribution in [0.5, 0.6) is 11.5 Å². The average Bonchev–Trinajstić information content (AvgIpc) is 3.61. The third kappa shape index (κ3) is 9.78. The Morgan fingerprint density at radius 1 is 0.914 bits per heavy atom. The first-order valence-corrected chi connectivity index (χ1v) is 22.0. The highest BCUT2D eigenvalue weighted by Gasteiger charge is 2.28. The summed E-state index contributed by atoms with van der Waals surface area (Å²) in [5.74, 6) is 1.25. The summed E-state index contributed by atoms with van der Waals surface area (Å²) in [7, 11) is -1.96. The molecular weight excluding hydrogens is 774 g/mol. The number of fused-ring (bicyclic) bond motifs is 1. The van der Waals surface area contributed by atoms with Crippen LogP contribution in [0.15, 0.2) is 90.1 Å². The molecule has 3 fully saturated rings. The predicted octanol–water partition coefficient (Wildman–Crippen LogP) is 9.04. The third-order valence-corrected chi connectivity index (χ3v) is 13.1. The molecule has 5 heterocycles. The van der Waals surface area contributed by atoms with Gasteiger partial charge in [-0.1, -0.05) is 36.6 Å². The van der Waals surface area contributed by atoms with E-state index in [2.05, 4.69) is 41.9 Å². The van der Waals surface area contributed by atoms with Gasteiger partial charge in [-0.2, -0.15) is 0 Å². The lowest BCUT2D eigenvalue weighted by Crippen LogP contribution is -2.40. The number of benzene rings is 3. The standard InChI is InChI=1S/C44H51ClN7O5S/c45-34-7-5-32(6-8-34)41-4-2-1-3-19-52(41)29-31-14-20-51(21-15-31)35-9-11-38(42(25-35)57-36-24-33-13-18-46-43(33)48-28-36)44(53)50-58(55)37-10-12-39(40(26-37)49-54)47-27-30-16-22-56-23-17-30/h5-13,18,24-26,28,30-31,41,47,49H,1-4,14-17,19-23,27,29H2,(H,46,48)(H,50,53)/q-1. The lowest BCUT2D eigenvalue weighted by molar-refractivity contribution is 0.0699. The van der Waals surface area contributed by atoms with Gasteiger partial charge in [-0.15, -0.1) is 0 Å². The number of piperidine rings is 1. The van der Waals surface area contributed by atoms with Crippen molar-refractivity contribution >= 4 is 56.6 Å². The molecular formula is C44H51ClN7O5S-. The zero-order valence-electron chi connectivity index (χ0n) is 32.6. The van der Waals surface area contributed by atoms with Crippen molar-refractivity contribution in [3.8, 4) is 11.5 Å². The number of nitrogens with zero attached hydrogens (tertiary/aromatic N) is 3. The third-order valence-electron chi connectivity index (χ3n) is 11.8. The number of H-pyrrole nitrogens is 1. The molecule has 8 rings (SSSR count). The van der Waals surface area contributed by atoms with Crippen molar-refractivity contribution in [3.05, 3.63) is 107 Å². The highest BCUT2D eigenvalue weighted by atomic mass is 35.5. The molecule has 306 valence electrons. The lowest BCUT2D eigenvalue weighted by atomic mass is 9.93. The second kappa shape index (κ2) is 18.9. The molecule has 3 aliphatic heterocycles. The number of hydrogen-bond donors (Lipinski definition) is 4. The average molecular weight is 825 g/mol. The van der Waals surface area contributed by atoms with Crippen molar-refractivity contribution in [3.63, 3.8) is 0 Å². The summed E-state index contributed by atoms with van der Waals surface area (Å²) in [5.41, 5.74) is 6.09. The smallest absolute Gasteiger partial charge is 0.266 e. The Hall–Kier alpha value is -4.66. The summed E-state index contributed by atoms with van der Waals surface area (Å²) < 4.78 is 28.1. The van der Waals surface area contributed by atoms with Crippen LogP contribution in [-0.4, -0.2) is 70.9 Å². The lowest BCUT2D eigenvalue weighted by Gasteiger charge is -2.38. The Labute approximate surface area is 347 Å². The van der Waals surface area contributed by atoms with Crippen LogP contribution in [0.4, 0.5) is 17.1 Å². The van der Waals surface area contributed by atoms with Gasteiger partial charge in [-0.3, -0.25) is 14.4 Å². The summed E-state index contributed by atoms with van der Waals surface area (Å²) in [5, 5.41) is 16.9. The monoisotopic (exact) mass is 824 g/mol. The number of pyridine rings is 1. The largest absolute Gasteiger partial charge is 0.761 e. The van der Waals surface area contributed by atoms with Crippen LogP contribution in [0.3, 0.4) is 0 Å². The number of rotatable bonds is 13. The fourth-order valence-electron chi connectivity index (χ4n) is 8.52. The summed E-state index contributed by atoms with van der Waals surface area (Å²) in [6, 6.07) is 23.0. The number of likely N-dealkylation sites (tertiary alicyclic amines) is 1. The van der Waals surface area contributed by atoms with Crippen LogP contribution in [-0.2, 0) is 15.7 Å². The van der Waals surface area contributed by atoms with Crippen molar-refractivity contribution in [2.75, 3.05) is 61.6 Å². The highest BCUT2D eigenvalue weighted by Crippen LogP contribution is 2.36. The van der Waals surface area contributed by atoms with Gasteiger partial charge in [0.25, 0.3) is 5.91 Å². The molecule has 5 aromatic rings. The topological polar surface area (TPSA) is 147 Å². The molecule has 4 N–H and O–H groups in total. The molecule has 0 spiro atoms. The van der Waals surface area contributed by atoms with Gasteiger partial charge in [0.1, 0.15) is 17.1 Å². The zero-order chi connectivity index (χ0) is 39.8. The molecule has 58 heavy (non-hydrogen) atoms. The second-order valence-corrected chi connectivity index (χ2v) is 17.3. The van der Waals surface area contributed by atoms with Gasteiger partial charge in [0.2, 0.25) is 0 Å². The minimum absolute atomic E-state index is 0.229. The Bertz CT molecular complexity index is 2190. The van der Waals surface area contributed by atoms with E-state index in [-0.39, 0.29) is 16.1 Å². The van der Waals surface area contributed by atoms with Gasteiger partial charge in [0.05, 0.1) is 22.3 Å². The number of anilines is 3. The van der Waals surface area contributed by atoms with E-state index in [4.69, 9.17) is 21.1 Å². The van der Waals surface area contributed by atoms with Crippen molar-refractivity contribution in [2.45, 2.75) is 62.3 Å². The van der Waals surface area contributed by atoms with Crippen LogP contribution < -0.4 is 25.2 Å². The molecule has 1 amide bonds. The number of carbonyl (C=O) groups excluding carboxylic acids is 1. The van der Waals surface area contributed by atoms with Gasteiger partial charge in [0, 0.05) is 79.5 Å². The van der Waals surface area contributed by atoms with E-state index < -0.39 is 16.9 Å². The van der Waals surface area contributed by atoms with Crippen molar-refractivity contribution < 1.29 is 18.5 Å². The fraction of sp³-hybridized carbons (Fsp3) is 0.409. The van der Waals surface area contributed by atoms with Crippen LogP contribution in [0.1, 0.15) is 73.3 Å². The summed E-state index contributed by atoms with van der Waals surface area (Å²) >= 11 is 6.24. The molecule has 3 aliphatic rings. The van der Waals surface area contributed by atoms with Crippen LogP contribution in [0.2, 0.25) is 5.02 Å². The van der Waals surface area contributed by atoms with E-state index in [1.165, 1.54) is 37.3 Å². The molecule has 2 unspecified atom stereocenters. The molecule has 0 radical (unpaired) electrons. The van der Waals surface area contributed by atoms with Crippen molar-refractivity contribution in [1.82, 2.24) is 19.6 Å². The Kier molecular flexibility index (Phi) is 13.1. The molecule has 0 bridgehead atoms. The molecule has 2 atom stereocenters. The molecule has 0 saturated carbocycles. The maximum atomic E-state index is 13.9. The van der Waals surface area contributed by atoms with Gasteiger partial charge < -0.3 is 35.4 Å². The summed E-state index contributed by atoms with van der Waals surface area (Å²) in [6.07, 6.45) is 12.4. The first kappa shape index (κ1) is 40.1. The Morgan fingerprint density at radius 2 is 1.74 bits per heavy atom. The van der Waals surface area contributed by atoms with E-state index in [1.807, 2.05) is 48.1 Å². The Morgan fingerprint density at radius 3 is 2.55 bits per heavy atom. The number of amides is 1. The number of carbonyl (C=O) groups is 1. The fourth-order valence-corrected chi connectivity index (χ4v) is 9.46. The first-order valence-electron chi connectivity index (χ1n) is 20.5. The quantitative estimate of drug-likeness (QED) is 0.0849. The molecule has 0 aliphatic carbocycles. The summed E-state index contributed by atoms with van der Waals surface area (Å²) in [4.78, 5) is 26.8. The van der Waals surface area contributed by atoms with Crippen LogP contribution >= 0.6 is 11.6 Å². The molecule has 12 nitrogen and oxygen atoms in total. The maximum Gasteiger partial charge on any atom is 0.266 e. The van der Waals surface area contributed by atoms with Crippen LogP contribution in [0.25, 0.3) is 11.0 Å². The Balaban J connectivity index is 0.959. The number of halogens is 1. The van der Waals surface area contributed by atoms with E-state index in [0.717, 1.165) is 86.8 Å². The van der Waals surface area contributed by atoms with Crippen LogP contribution in [0, 0.1) is 17.0 Å². The van der Waals surface area contributed by atoms with E-state index in [1.54, 1.807) is 24.4 Å². The molecule has 2 aromatic heterocycles. The highest BCUT2D eigenvalue weighted by molar-refractivity contribution is 7.83. The number of aromatic amines is 1. The van der Waals surface area contributed by atoms with Gasteiger partial charge in [-0.05, 0) is 117 Å². The molecule has 14 heteroatoms. The predicted molar refractivity (Wildman–Crippen MR) is 231 cm³/mol. The molecule has 3 saturated heterocycles. The second-order valence-electron chi connectivity index (χ2n) is 15.7. The maximum absolute atomic E-state index is 13.9. The normalized spacial score (nSPS) is 19.1. The van der Waals surface area contributed by atoms with Crippen molar-refractivity contribution in [2.24, 2.45) is 11.8 Å². The number of ether oxygens (including phenoxy) is 2. The van der Waals surface area contributed by atoms with Crippen molar-refractivity contribution in [1.29, 1.82) is 0 Å². The zero-order valence-corrected chi connectivity index (χ0v) is 34.2. The first-order chi connectivity index (χ1) is 28.4. The van der Waals surface area contributed by atoms with E-state index >= 15 is 0 Å². The van der Waals surface area contributed by atoms with Gasteiger partial charge >= 0.3 is 0 Å².